The fraction of sp³-hybridized carbons (Fsp3) is 0. The first-order valence-electron chi connectivity index (χ1n) is 4.88. The smallest absolute Gasteiger partial charge is 0.248 e. The number of amides is 1. The summed E-state index contributed by atoms with van der Waals surface area (Å²) in [6.45, 7) is 0. The summed E-state index contributed by atoms with van der Waals surface area (Å²) < 4.78 is 17.5. The zero-order valence-corrected chi connectivity index (χ0v) is 8.76. The molecule has 0 saturated heterocycles. The third-order valence-corrected chi connectivity index (χ3v) is 1.94. The molecule has 1 amide bonds. The Hall–Kier alpha value is -2.43. The van der Waals surface area contributed by atoms with Crippen LogP contribution in [0.5, 0.6) is 0 Å². The second-order valence-corrected chi connectivity index (χ2v) is 3.21. The lowest BCUT2D eigenvalue weighted by molar-refractivity contribution is -0.111. The van der Waals surface area contributed by atoms with Gasteiger partial charge in [0.05, 0.1) is 18.1 Å². The summed E-state index contributed by atoms with van der Waals surface area (Å²) in [7, 11) is 0. The van der Waals surface area contributed by atoms with E-state index in [0.717, 1.165) is 0 Å². The SMILES string of the molecule is O=C(/C=C/c1ccco1)Nc1ccc(F)nc1. The first kappa shape index (κ1) is 11.1. The van der Waals surface area contributed by atoms with Crippen molar-refractivity contribution in [1.82, 2.24) is 4.98 Å². The summed E-state index contributed by atoms with van der Waals surface area (Å²) in [6, 6.07) is 6.05. The molecular formula is C12H9FN2O2. The van der Waals surface area contributed by atoms with E-state index in [-0.39, 0.29) is 5.91 Å². The number of carbonyl (C=O) groups is 1. The maximum absolute atomic E-state index is 12.5. The third-order valence-electron chi connectivity index (χ3n) is 1.94. The number of aromatic nitrogens is 1. The Kier molecular flexibility index (Phi) is 3.30. The van der Waals surface area contributed by atoms with Gasteiger partial charge >= 0.3 is 0 Å². The number of pyridine rings is 1. The normalized spacial score (nSPS) is 10.6. The van der Waals surface area contributed by atoms with Gasteiger partial charge in [-0.25, -0.2) is 4.98 Å². The van der Waals surface area contributed by atoms with Crippen LogP contribution in [0.1, 0.15) is 5.76 Å². The lowest BCUT2D eigenvalue weighted by Crippen LogP contribution is -2.07. The number of hydrogen-bond donors (Lipinski definition) is 1. The molecule has 0 atom stereocenters. The summed E-state index contributed by atoms with van der Waals surface area (Å²) >= 11 is 0. The molecule has 2 aromatic rings. The number of rotatable bonds is 3. The summed E-state index contributed by atoms with van der Waals surface area (Å²) in [4.78, 5) is 14.8. The Balaban J connectivity index is 1.95. The van der Waals surface area contributed by atoms with Gasteiger partial charge in [-0.1, -0.05) is 0 Å². The van der Waals surface area contributed by atoms with Crippen LogP contribution in [0.4, 0.5) is 10.1 Å². The fourth-order valence-corrected chi connectivity index (χ4v) is 1.18. The van der Waals surface area contributed by atoms with Gasteiger partial charge in [0.15, 0.2) is 0 Å². The summed E-state index contributed by atoms with van der Waals surface area (Å²) in [6.07, 6.45) is 5.61. The number of anilines is 1. The molecule has 0 aliphatic carbocycles. The second-order valence-electron chi connectivity index (χ2n) is 3.21. The zero-order chi connectivity index (χ0) is 12.1. The Labute approximate surface area is 96.8 Å². The van der Waals surface area contributed by atoms with E-state index in [0.29, 0.717) is 11.4 Å². The van der Waals surface area contributed by atoms with Crippen molar-refractivity contribution in [2.45, 2.75) is 0 Å². The number of furan rings is 1. The van der Waals surface area contributed by atoms with Crippen LogP contribution >= 0.6 is 0 Å². The van der Waals surface area contributed by atoms with Gasteiger partial charge in [-0.3, -0.25) is 4.79 Å². The van der Waals surface area contributed by atoms with Crippen LogP contribution in [-0.2, 0) is 4.79 Å². The largest absolute Gasteiger partial charge is 0.465 e. The van der Waals surface area contributed by atoms with Gasteiger partial charge in [-0.15, -0.1) is 0 Å². The maximum Gasteiger partial charge on any atom is 0.248 e. The molecule has 2 heterocycles. The molecule has 0 saturated carbocycles. The highest BCUT2D eigenvalue weighted by Gasteiger charge is 1.99. The Bertz CT molecular complexity index is 518. The lowest BCUT2D eigenvalue weighted by atomic mass is 10.3. The monoisotopic (exact) mass is 232 g/mol. The molecule has 0 radical (unpaired) electrons. The van der Waals surface area contributed by atoms with Gasteiger partial charge in [0.2, 0.25) is 11.9 Å². The Morgan fingerprint density at radius 2 is 2.29 bits per heavy atom. The van der Waals surface area contributed by atoms with Crippen LogP contribution in [0.15, 0.2) is 47.2 Å². The van der Waals surface area contributed by atoms with Crippen LogP contribution in [0.3, 0.4) is 0 Å². The molecule has 2 aromatic heterocycles. The molecule has 5 heteroatoms. The van der Waals surface area contributed by atoms with Crippen molar-refractivity contribution in [3.05, 3.63) is 54.5 Å². The van der Waals surface area contributed by atoms with Gasteiger partial charge in [0, 0.05) is 6.08 Å². The van der Waals surface area contributed by atoms with Crippen molar-refractivity contribution in [3.8, 4) is 0 Å². The molecule has 86 valence electrons. The van der Waals surface area contributed by atoms with E-state index in [2.05, 4.69) is 10.3 Å². The topological polar surface area (TPSA) is 55.1 Å². The van der Waals surface area contributed by atoms with Gasteiger partial charge in [0.1, 0.15) is 5.76 Å². The molecule has 0 aromatic carbocycles. The number of nitrogens with one attached hydrogen (secondary N) is 1. The average Bonchev–Trinajstić information content (AvgIpc) is 2.83. The van der Waals surface area contributed by atoms with Crippen LogP contribution in [0.25, 0.3) is 6.08 Å². The fourth-order valence-electron chi connectivity index (χ4n) is 1.18. The predicted octanol–water partition coefficient (Wildman–Crippen LogP) is 2.47. The zero-order valence-electron chi connectivity index (χ0n) is 8.76. The minimum atomic E-state index is -0.589. The van der Waals surface area contributed by atoms with Crippen LogP contribution in [0, 0.1) is 5.95 Å². The van der Waals surface area contributed by atoms with E-state index in [4.69, 9.17) is 4.42 Å². The van der Waals surface area contributed by atoms with Crippen molar-refractivity contribution < 1.29 is 13.6 Å². The third kappa shape index (κ3) is 3.27. The summed E-state index contributed by atoms with van der Waals surface area (Å²) in [5.74, 6) is -0.346. The van der Waals surface area contributed by atoms with E-state index in [1.54, 1.807) is 12.1 Å². The van der Waals surface area contributed by atoms with Crippen LogP contribution < -0.4 is 5.32 Å². The van der Waals surface area contributed by atoms with Gasteiger partial charge < -0.3 is 9.73 Å². The number of hydrogen-bond acceptors (Lipinski definition) is 3. The Morgan fingerprint density at radius 1 is 1.41 bits per heavy atom. The minimum absolute atomic E-state index is 0.338. The van der Waals surface area contributed by atoms with E-state index >= 15 is 0 Å². The molecule has 4 nitrogen and oxygen atoms in total. The number of carbonyl (C=O) groups excluding carboxylic acids is 1. The number of nitrogens with zero attached hydrogens (tertiary/aromatic N) is 1. The van der Waals surface area contributed by atoms with Crippen molar-refractivity contribution >= 4 is 17.7 Å². The van der Waals surface area contributed by atoms with Gasteiger partial charge in [0.25, 0.3) is 0 Å². The van der Waals surface area contributed by atoms with Crippen molar-refractivity contribution in [3.63, 3.8) is 0 Å². The molecule has 0 bridgehead atoms. The van der Waals surface area contributed by atoms with Crippen LogP contribution in [0.2, 0.25) is 0 Å². The molecular weight excluding hydrogens is 223 g/mol. The molecule has 17 heavy (non-hydrogen) atoms. The standard InChI is InChI=1S/C12H9FN2O2/c13-11-5-3-9(8-14-11)15-12(16)6-4-10-2-1-7-17-10/h1-8H,(H,15,16)/b6-4+. The highest BCUT2D eigenvalue weighted by atomic mass is 19.1. The Morgan fingerprint density at radius 3 is 2.94 bits per heavy atom. The van der Waals surface area contributed by atoms with Crippen LogP contribution in [-0.4, -0.2) is 10.9 Å². The maximum atomic E-state index is 12.5. The van der Waals surface area contributed by atoms with E-state index in [1.165, 1.54) is 36.7 Å². The quantitative estimate of drug-likeness (QED) is 0.653. The van der Waals surface area contributed by atoms with Crippen molar-refractivity contribution in [2.24, 2.45) is 0 Å². The lowest BCUT2D eigenvalue weighted by Gasteiger charge is -1.99. The van der Waals surface area contributed by atoms with Gasteiger partial charge in [-0.2, -0.15) is 4.39 Å². The molecule has 0 fully saturated rings. The molecule has 0 aliphatic rings. The van der Waals surface area contributed by atoms with E-state index in [9.17, 15) is 9.18 Å². The molecule has 2 rings (SSSR count). The van der Waals surface area contributed by atoms with Crippen molar-refractivity contribution in [2.75, 3.05) is 5.32 Å². The first-order chi connectivity index (χ1) is 8.24. The highest BCUT2D eigenvalue weighted by Crippen LogP contribution is 2.06. The van der Waals surface area contributed by atoms with E-state index in [1.807, 2.05) is 0 Å². The summed E-state index contributed by atoms with van der Waals surface area (Å²) in [5.41, 5.74) is 0.431. The second kappa shape index (κ2) is 5.07. The van der Waals surface area contributed by atoms with Gasteiger partial charge in [-0.05, 0) is 30.3 Å². The minimum Gasteiger partial charge on any atom is -0.465 e. The highest BCUT2D eigenvalue weighted by molar-refractivity contribution is 6.01. The van der Waals surface area contributed by atoms with E-state index < -0.39 is 5.95 Å². The molecule has 0 unspecified atom stereocenters. The number of halogens is 1. The predicted molar refractivity (Wildman–Crippen MR) is 60.6 cm³/mol. The molecule has 0 aliphatic heterocycles. The first-order valence-corrected chi connectivity index (χ1v) is 4.88. The molecule has 1 N–H and O–H groups in total. The summed E-state index contributed by atoms with van der Waals surface area (Å²) in [5, 5.41) is 2.53. The average molecular weight is 232 g/mol. The molecule has 0 spiro atoms. The van der Waals surface area contributed by atoms with Crippen molar-refractivity contribution in [1.29, 1.82) is 0 Å².